The number of nitrogens with one attached hydrogen (secondary N) is 1. The maximum Gasteiger partial charge on any atom is 0.254 e. The lowest BCUT2D eigenvalue weighted by Gasteiger charge is -2.29. The molecule has 1 aliphatic rings. The number of carbonyl (C=O) groups is 3. The van der Waals surface area contributed by atoms with E-state index in [2.05, 4.69) is 17.3 Å². The molecule has 0 bridgehead atoms. The molecule has 6 rings (SSSR count). The number of pyridine rings is 1. The van der Waals surface area contributed by atoms with E-state index in [4.69, 9.17) is 20.2 Å². The van der Waals surface area contributed by atoms with Gasteiger partial charge in [-0.1, -0.05) is 37.3 Å². The minimum absolute atomic E-state index is 0.177. The highest BCUT2D eigenvalue weighted by atomic mass is 16.5. The number of fused-ring (bicyclic) bond motifs is 1. The number of nitrogens with two attached hydrogens (primary N) is 1. The van der Waals surface area contributed by atoms with Crippen LogP contribution in [0.25, 0.3) is 22.2 Å². The van der Waals surface area contributed by atoms with Crippen molar-refractivity contribution in [2.75, 3.05) is 25.6 Å². The summed E-state index contributed by atoms with van der Waals surface area (Å²) in [7, 11) is 1.60. The van der Waals surface area contributed by atoms with Gasteiger partial charge in [-0.2, -0.15) is 5.10 Å². The maximum atomic E-state index is 14.6. The molecule has 0 atom stereocenters. The lowest BCUT2D eigenvalue weighted by atomic mass is 9.99. The first-order valence-electron chi connectivity index (χ1n) is 17.0. The zero-order valence-electron chi connectivity index (χ0n) is 28.6. The Bertz CT molecular complexity index is 2030. The lowest BCUT2D eigenvalue weighted by Crippen LogP contribution is -2.33. The number of aldehydes is 1. The molecule has 11 nitrogen and oxygen atoms in total. The molecule has 0 radical (unpaired) electrons. The Labute approximate surface area is 291 Å². The average Bonchev–Trinajstić information content (AvgIpc) is 3.58. The molecule has 50 heavy (non-hydrogen) atoms. The Hall–Kier alpha value is -5.55. The molecular formula is C39H42N6O5. The van der Waals surface area contributed by atoms with Crippen molar-refractivity contribution >= 4 is 34.8 Å². The molecule has 1 aliphatic heterocycles. The monoisotopic (exact) mass is 674 g/mol. The number of primary amides is 1. The van der Waals surface area contributed by atoms with Gasteiger partial charge < -0.3 is 25.4 Å². The van der Waals surface area contributed by atoms with Gasteiger partial charge in [0.25, 0.3) is 5.91 Å². The van der Waals surface area contributed by atoms with Crippen molar-refractivity contribution in [2.45, 2.75) is 58.8 Å². The number of anilines is 1. The molecule has 0 spiro atoms. The number of aryl methyl sites for hydroxylation is 2. The van der Waals surface area contributed by atoms with Crippen LogP contribution in [-0.4, -0.2) is 64.1 Å². The van der Waals surface area contributed by atoms with Crippen molar-refractivity contribution in [3.8, 4) is 16.9 Å². The summed E-state index contributed by atoms with van der Waals surface area (Å²) in [4.78, 5) is 45.1. The number of hydrogen-bond acceptors (Lipinski definition) is 8. The van der Waals surface area contributed by atoms with E-state index in [1.807, 2.05) is 54.2 Å². The van der Waals surface area contributed by atoms with Crippen LogP contribution in [0.1, 0.15) is 74.6 Å². The van der Waals surface area contributed by atoms with E-state index < -0.39 is 5.91 Å². The molecule has 11 heteroatoms. The van der Waals surface area contributed by atoms with Crippen LogP contribution in [-0.2, 0) is 30.8 Å². The first kappa shape index (κ1) is 34.3. The highest BCUT2D eigenvalue weighted by Crippen LogP contribution is 2.34. The molecule has 2 amide bonds. The zero-order chi connectivity index (χ0) is 35.2. The molecule has 1 saturated heterocycles. The van der Waals surface area contributed by atoms with Crippen LogP contribution < -0.4 is 15.8 Å². The minimum atomic E-state index is -0.614. The van der Waals surface area contributed by atoms with Crippen LogP contribution in [0.3, 0.4) is 0 Å². The number of methoxy groups -OCH3 is 1. The minimum Gasteiger partial charge on any atom is -0.496 e. The van der Waals surface area contributed by atoms with Crippen molar-refractivity contribution in [1.29, 1.82) is 0 Å². The van der Waals surface area contributed by atoms with Crippen molar-refractivity contribution in [2.24, 2.45) is 5.73 Å². The largest absolute Gasteiger partial charge is 0.496 e. The van der Waals surface area contributed by atoms with Crippen LogP contribution in [0.5, 0.6) is 5.75 Å². The molecule has 0 unspecified atom stereocenters. The number of carbonyl (C=O) groups excluding carboxylic acids is 3. The quantitative estimate of drug-likeness (QED) is 0.144. The summed E-state index contributed by atoms with van der Waals surface area (Å²) in [6, 6.07) is 19.8. The van der Waals surface area contributed by atoms with E-state index in [0.717, 1.165) is 63.8 Å². The Morgan fingerprint density at radius 2 is 1.78 bits per heavy atom. The van der Waals surface area contributed by atoms with Gasteiger partial charge in [0.1, 0.15) is 12.0 Å². The maximum absolute atomic E-state index is 14.6. The normalized spacial score (nSPS) is 13.3. The van der Waals surface area contributed by atoms with E-state index in [-0.39, 0.29) is 30.6 Å². The predicted octanol–water partition coefficient (Wildman–Crippen LogP) is 6.03. The summed E-state index contributed by atoms with van der Waals surface area (Å²) in [6.45, 7) is 6.49. The molecule has 2 aromatic heterocycles. The average molecular weight is 675 g/mol. The first-order chi connectivity index (χ1) is 24.3. The van der Waals surface area contributed by atoms with Gasteiger partial charge in [0.15, 0.2) is 5.65 Å². The molecule has 0 saturated carbocycles. The number of amides is 2. The topological polar surface area (TPSA) is 142 Å². The molecule has 258 valence electrons. The number of ether oxygens (including phenoxy) is 2. The summed E-state index contributed by atoms with van der Waals surface area (Å²) >= 11 is 0. The van der Waals surface area contributed by atoms with Gasteiger partial charge in [0.2, 0.25) is 5.91 Å². The highest BCUT2D eigenvalue weighted by molar-refractivity contribution is 5.99. The van der Waals surface area contributed by atoms with E-state index in [0.29, 0.717) is 43.1 Å². The summed E-state index contributed by atoms with van der Waals surface area (Å²) in [6.07, 6.45) is 5.00. The number of rotatable bonds is 13. The fraction of sp³-hybridized carbons (Fsp3) is 0.308. The molecule has 3 heterocycles. The van der Waals surface area contributed by atoms with Crippen molar-refractivity contribution in [3.05, 3.63) is 106 Å². The summed E-state index contributed by atoms with van der Waals surface area (Å²) in [5.74, 6) is -0.290. The molecule has 3 N–H and O–H groups in total. The standard InChI is InChI=1S/C39H42N6O5/c1-4-34-33(36(42-31-14-16-50-17-15-31)32-21-41-45(5-2)38(32)43-34)23-44(39(48)29-11-7-10-28(20-29)37(40)47)22-30-19-27(12-13-35(30)49-3)26-9-6-8-25(18-26)24-46/h6-13,18-21,24,31H,4-5,14-17,22-23H2,1-3H3,(H2,40,47)(H,42,43). The Balaban J connectivity index is 1.49. The first-order valence-corrected chi connectivity index (χ1v) is 17.0. The van der Waals surface area contributed by atoms with Crippen LogP contribution >= 0.6 is 0 Å². The second kappa shape index (κ2) is 15.3. The fourth-order valence-corrected chi connectivity index (χ4v) is 6.54. The molecular weight excluding hydrogens is 632 g/mol. The predicted molar refractivity (Wildman–Crippen MR) is 192 cm³/mol. The van der Waals surface area contributed by atoms with Gasteiger partial charge in [0.05, 0.1) is 37.5 Å². The van der Waals surface area contributed by atoms with E-state index in [1.54, 1.807) is 36.3 Å². The number of hydrogen-bond donors (Lipinski definition) is 2. The smallest absolute Gasteiger partial charge is 0.254 e. The van der Waals surface area contributed by atoms with E-state index in [1.165, 1.54) is 6.07 Å². The van der Waals surface area contributed by atoms with Gasteiger partial charge in [0, 0.05) is 59.3 Å². The van der Waals surface area contributed by atoms with Crippen LogP contribution in [0, 0.1) is 0 Å². The SMILES string of the molecule is CCc1nc2c(cnn2CC)c(NC2CCOCC2)c1CN(Cc1cc(-c2cccc(C=O)c2)ccc1OC)C(=O)c1cccc(C(N)=O)c1. The second-order valence-electron chi connectivity index (χ2n) is 12.4. The molecule has 5 aromatic rings. The number of aromatic nitrogens is 3. The van der Waals surface area contributed by atoms with Crippen LogP contribution in [0.4, 0.5) is 5.69 Å². The lowest BCUT2D eigenvalue weighted by molar-refractivity contribution is 0.0728. The third kappa shape index (κ3) is 7.23. The van der Waals surface area contributed by atoms with Gasteiger partial charge in [-0.05, 0) is 73.7 Å². The van der Waals surface area contributed by atoms with Crippen LogP contribution in [0.15, 0.2) is 72.9 Å². The van der Waals surface area contributed by atoms with Gasteiger partial charge in [-0.25, -0.2) is 9.67 Å². The molecule has 0 aliphatic carbocycles. The third-order valence-corrected chi connectivity index (χ3v) is 9.20. The molecule has 3 aromatic carbocycles. The highest BCUT2D eigenvalue weighted by Gasteiger charge is 2.26. The van der Waals surface area contributed by atoms with Gasteiger partial charge >= 0.3 is 0 Å². The Morgan fingerprint density at radius 3 is 2.50 bits per heavy atom. The van der Waals surface area contributed by atoms with Crippen LogP contribution in [0.2, 0.25) is 0 Å². The fourth-order valence-electron chi connectivity index (χ4n) is 6.54. The Morgan fingerprint density at radius 1 is 1.02 bits per heavy atom. The van der Waals surface area contributed by atoms with E-state index >= 15 is 0 Å². The Kier molecular flexibility index (Phi) is 10.5. The number of benzene rings is 3. The summed E-state index contributed by atoms with van der Waals surface area (Å²) in [5.41, 5.74) is 12.7. The third-order valence-electron chi connectivity index (χ3n) is 9.20. The van der Waals surface area contributed by atoms with Crippen molar-refractivity contribution < 1.29 is 23.9 Å². The van der Waals surface area contributed by atoms with Crippen molar-refractivity contribution in [1.82, 2.24) is 19.7 Å². The van der Waals surface area contributed by atoms with Crippen molar-refractivity contribution in [3.63, 3.8) is 0 Å². The van der Waals surface area contributed by atoms with Gasteiger partial charge in [-0.15, -0.1) is 0 Å². The summed E-state index contributed by atoms with van der Waals surface area (Å²) < 4.78 is 13.3. The van der Waals surface area contributed by atoms with Gasteiger partial charge in [-0.3, -0.25) is 14.4 Å². The summed E-state index contributed by atoms with van der Waals surface area (Å²) in [5, 5.41) is 9.35. The zero-order valence-corrected chi connectivity index (χ0v) is 28.6. The van der Waals surface area contributed by atoms with E-state index in [9.17, 15) is 14.4 Å². The number of nitrogens with zero attached hydrogens (tertiary/aromatic N) is 4. The second-order valence-corrected chi connectivity index (χ2v) is 12.4. The molecule has 1 fully saturated rings.